The SMILES string of the molecule is NC(=NCc1ccc(CN2CCCCC2)cc1)NCCc1ccccn1. The molecule has 1 aromatic heterocycles. The number of nitrogens with two attached hydrogens (primary N) is 1. The van der Waals surface area contributed by atoms with Crippen molar-refractivity contribution in [2.24, 2.45) is 10.7 Å². The van der Waals surface area contributed by atoms with Crippen LogP contribution in [0.2, 0.25) is 0 Å². The molecule has 0 spiro atoms. The largest absolute Gasteiger partial charge is 0.370 e. The summed E-state index contributed by atoms with van der Waals surface area (Å²) >= 11 is 0. The van der Waals surface area contributed by atoms with Crippen molar-refractivity contribution in [1.82, 2.24) is 15.2 Å². The number of aromatic nitrogens is 1. The Bertz CT molecular complexity index is 675. The van der Waals surface area contributed by atoms with Gasteiger partial charge in [0.1, 0.15) is 0 Å². The van der Waals surface area contributed by atoms with E-state index < -0.39 is 0 Å². The number of hydrogen-bond acceptors (Lipinski definition) is 3. The van der Waals surface area contributed by atoms with E-state index in [4.69, 9.17) is 5.73 Å². The molecular formula is C21H29N5. The average Bonchev–Trinajstić information content (AvgIpc) is 2.69. The standard InChI is InChI=1S/C21H29N5/c22-21(24-13-11-20-6-2-3-12-23-20)25-16-18-7-9-19(10-8-18)17-26-14-4-1-5-15-26/h2-3,6-10,12H,1,4-5,11,13-17H2,(H3,22,24,25). The van der Waals surface area contributed by atoms with E-state index in [0.29, 0.717) is 12.5 Å². The normalized spacial score (nSPS) is 15.8. The quantitative estimate of drug-likeness (QED) is 0.595. The topological polar surface area (TPSA) is 66.5 Å². The zero-order valence-corrected chi connectivity index (χ0v) is 15.4. The smallest absolute Gasteiger partial charge is 0.188 e. The van der Waals surface area contributed by atoms with Crippen molar-refractivity contribution in [3.05, 3.63) is 65.5 Å². The lowest BCUT2D eigenvalue weighted by atomic mass is 10.1. The molecule has 0 bridgehead atoms. The number of aliphatic imine (C=N–C) groups is 1. The molecule has 1 saturated heterocycles. The molecule has 1 aliphatic heterocycles. The van der Waals surface area contributed by atoms with E-state index in [0.717, 1.165) is 25.2 Å². The van der Waals surface area contributed by atoms with Crippen molar-refractivity contribution in [2.75, 3.05) is 19.6 Å². The van der Waals surface area contributed by atoms with Crippen LogP contribution >= 0.6 is 0 Å². The second kappa shape index (κ2) is 9.92. The Labute approximate surface area is 156 Å². The highest BCUT2D eigenvalue weighted by atomic mass is 15.1. The van der Waals surface area contributed by atoms with Gasteiger partial charge < -0.3 is 11.1 Å². The van der Waals surface area contributed by atoms with E-state index in [-0.39, 0.29) is 0 Å². The van der Waals surface area contributed by atoms with Crippen molar-refractivity contribution < 1.29 is 0 Å². The molecule has 1 aromatic carbocycles. The molecule has 0 radical (unpaired) electrons. The Hall–Kier alpha value is -2.40. The fraction of sp³-hybridized carbons (Fsp3) is 0.429. The Morgan fingerprint density at radius 1 is 1.04 bits per heavy atom. The molecule has 0 atom stereocenters. The van der Waals surface area contributed by atoms with Crippen LogP contribution in [0.25, 0.3) is 0 Å². The lowest BCUT2D eigenvalue weighted by Crippen LogP contribution is -2.33. The molecule has 0 amide bonds. The Kier molecular flexibility index (Phi) is 7.02. The first-order valence-corrected chi connectivity index (χ1v) is 9.53. The number of nitrogens with one attached hydrogen (secondary N) is 1. The van der Waals surface area contributed by atoms with Gasteiger partial charge in [-0.25, -0.2) is 4.99 Å². The predicted octanol–water partition coefficient (Wildman–Crippen LogP) is 2.71. The van der Waals surface area contributed by atoms with Gasteiger partial charge in [0, 0.05) is 31.4 Å². The molecule has 0 aliphatic carbocycles. The zero-order chi connectivity index (χ0) is 18.0. The van der Waals surface area contributed by atoms with Crippen molar-refractivity contribution >= 4 is 5.96 Å². The summed E-state index contributed by atoms with van der Waals surface area (Å²) in [5.74, 6) is 0.485. The minimum absolute atomic E-state index is 0.485. The maximum absolute atomic E-state index is 5.95. The van der Waals surface area contributed by atoms with Crippen molar-refractivity contribution in [3.63, 3.8) is 0 Å². The summed E-state index contributed by atoms with van der Waals surface area (Å²) in [6, 6.07) is 14.7. The number of pyridine rings is 1. The molecule has 2 heterocycles. The first-order valence-electron chi connectivity index (χ1n) is 9.53. The van der Waals surface area contributed by atoms with E-state index in [2.05, 4.69) is 44.5 Å². The molecule has 5 nitrogen and oxygen atoms in total. The molecule has 1 aliphatic rings. The zero-order valence-electron chi connectivity index (χ0n) is 15.4. The van der Waals surface area contributed by atoms with Crippen molar-refractivity contribution in [3.8, 4) is 0 Å². The summed E-state index contributed by atoms with van der Waals surface area (Å²) in [6.45, 7) is 4.85. The minimum atomic E-state index is 0.485. The van der Waals surface area contributed by atoms with Gasteiger partial charge in [0.25, 0.3) is 0 Å². The van der Waals surface area contributed by atoms with Gasteiger partial charge in [-0.05, 0) is 49.2 Å². The average molecular weight is 351 g/mol. The summed E-state index contributed by atoms with van der Waals surface area (Å²) in [6.07, 6.45) is 6.69. The lowest BCUT2D eigenvalue weighted by molar-refractivity contribution is 0.221. The van der Waals surface area contributed by atoms with Crippen LogP contribution in [-0.4, -0.2) is 35.5 Å². The molecule has 3 N–H and O–H groups in total. The number of piperidine rings is 1. The molecule has 2 aromatic rings. The van der Waals surface area contributed by atoms with Crippen LogP contribution in [-0.2, 0) is 19.5 Å². The highest BCUT2D eigenvalue weighted by Crippen LogP contribution is 2.13. The molecular weight excluding hydrogens is 322 g/mol. The lowest BCUT2D eigenvalue weighted by Gasteiger charge is -2.26. The van der Waals surface area contributed by atoms with Crippen LogP contribution in [0, 0.1) is 0 Å². The number of rotatable bonds is 7. The molecule has 138 valence electrons. The van der Waals surface area contributed by atoms with Gasteiger partial charge in [-0.3, -0.25) is 9.88 Å². The van der Waals surface area contributed by atoms with Crippen LogP contribution in [0.3, 0.4) is 0 Å². The van der Waals surface area contributed by atoms with Gasteiger partial charge in [-0.2, -0.15) is 0 Å². The molecule has 5 heteroatoms. The summed E-state index contributed by atoms with van der Waals surface area (Å²) in [5, 5.41) is 3.15. The van der Waals surface area contributed by atoms with E-state index in [1.807, 2.05) is 24.4 Å². The second-order valence-electron chi connectivity index (χ2n) is 6.85. The molecule has 0 saturated carbocycles. The Morgan fingerprint density at radius 3 is 2.54 bits per heavy atom. The first kappa shape index (κ1) is 18.4. The first-order chi connectivity index (χ1) is 12.8. The number of nitrogens with zero attached hydrogens (tertiary/aromatic N) is 3. The molecule has 3 rings (SSSR count). The molecule has 1 fully saturated rings. The number of guanidine groups is 1. The third-order valence-electron chi connectivity index (χ3n) is 4.72. The highest BCUT2D eigenvalue weighted by Gasteiger charge is 2.10. The fourth-order valence-electron chi connectivity index (χ4n) is 3.22. The number of benzene rings is 1. The van der Waals surface area contributed by atoms with Crippen molar-refractivity contribution in [2.45, 2.75) is 38.8 Å². The fourth-order valence-corrected chi connectivity index (χ4v) is 3.22. The summed E-state index contributed by atoms with van der Waals surface area (Å²) in [5.41, 5.74) is 9.56. The predicted molar refractivity (Wildman–Crippen MR) is 107 cm³/mol. The number of likely N-dealkylation sites (tertiary alicyclic amines) is 1. The summed E-state index contributed by atoms with van der Waals surface area (Å²) in [7, 11) is 0. The molecule has 0 unspecified atom stereocenters. The van der Waals surface area contributed by atoms with E-state index in [1.165, 1.54) is 43.5 Å². The van der Waals surface area contributed by atoms with E-state index in [9.17, 15) is 0 Å². The Morgan fingerprint density at radius 2 is 1.81 bits per heavy atom. The highest BCUT2D eigenvalue weighted by molar-refractivity contribution is 5.77. The summed E-state index contributed by atoms with van der Waals surface area (Å²) in [4.78, 5) is 11.3. The van der Waals surface area contributed by atoms with Gasteiger partial charge in [0.15, 0.2) is 5.96 Å². The van der Waals surface area contributed by atoms with Crippen LogP contribution in [0.15, 0.2) is 53.7 Å². The van der Waals surface area contributed by atoms with Crippen LogP contribution in [0.5, 0.6) is 0 Å². The molecule has 26 heavy (non-hydrogen) atoms. The van der Waals surface area contributed by atoms with Gasteiger partial charge in [-0.15, -0.1) is 0 Å². The maximum atomic E-state index is 5.95. The third-order valence-corrected chi connectivity index (χ3v) is 4.72. The maximum Gasteiger partial charge on any atom is 0.188 e. The van der Waals surface area contributed by atoms with E-state index >= 15 is 0 Å². The van der Waals surface area contributed by atoms with Gasteiger partial charge in [-0.1, -0.05) is 36.8 Å². The summed E-state index contributed by atoms with van der Waals surface area (Å²) < 4.78 is 0. The van der Waals surface area contributed by atoms with Crippen molar-refractivity contribution in [1.29, 1.82) is 0 Å². The second-order valence-corrected chi connectivity index (χ2v) is 6.85. The number of hydrogen-bond donors (Lipinski definition) is 2. The van der Waals surface area contributed by atoms with Crippen LogP contribution in [0.1, 0.15) is 36.1 Å². The minimum Gasteiger partial charge on any atom is -0.370 e. The monoisotopic (exact) mass is 351 g/mol. The van der Waals surface area contributed by atoms with Gasteiger partial charge >= 0.3 is 0 Å². The van der Waals surface area contributed by atoms with Crippen LogP contribution < -0.4 is 11.1 Å². The Balaban J connectivity index is 1.40. The van der Waals surface area contributed by atoms with Gasteiger partial charge in [0.05, 0.1) is 6.54 Å². The third kappa shape index (κ3) is 6.15. The van der Waals surface area contributed by atoms with Crippen LogP contribution in [0.4, 0.5) is 0 Å². The van der Waals surface area contributed by atoms with Gasteiger partial charge in [0.2, 0.25) is 0 Å². The van der Waals surface area contributed by atoms with E-state index in [1.54, 1.807) is 0 Å².